The van der Waals surface area contributed by atoms with Gasteiger partial charge >= 0.3 is 12.1 Å². The van der Waals surface area contributed by atoms with E-state index in [-0.39, 0.29) is 28.3 Å². The highest BCUT2D eigenvalue weighted by Crippen LogP contribution is 2.39. The number of aliphatic carboxylic acids is 1. The van der Waals surface area contributed by atoms with Gasteiger partial charge in [0.2, 0.25) is 5.91 Å². The van der Waals surface area contributed by atoms with Crippen molar-refractivity contribution >= 4 is 35.0 Å². The minimum absolute atomic E-state index is 0.0455. The van der Waals surface area contributed by atoms with Crippen LogP contribution in [0, 0.1) is 11.8 Å². The Morgan fingerprint density at radius 2 is 1.72 bits per heavy atom. The molecule has 2 aromatic rings. The number of halogens is 5. The molecule has 0 heterocycles. The minimum atomic E-state index is -4.67. The Balaban J connectivity index is 2.38. The Morgan fingerprint density at radius 3 is 2.22 bits per heavy atom. The van der Waals surface area contributed by atoms with Gasteiger partial charge in [0.15, 0.2) is 0 Å². The van der Waals surface area contributed by atoms with Crippen LogP contribution in [-0.2, 0) is 16.0 Å². The van der Waals surface area contributed by atoms with Crippen LogP contribution >= 0.6 is 11.6 Å². The number of nitrogens with one attached hydrogen (secondary N) is 1. The fourth-order valence-corrected chi connectivity index (χ4v) is 3.34. The van der Waals surface area contributed by atoms with Gasteiger partial charge < -0.3 is 10.4 Å². The highest BCUT2D eigenvalue weighted by molar-refractivity contribution is 6.33. The summed E-state index contributed by atoms with van der Waals surface area (Å²) in [5.74, 6) is -7.09. The van der Waals surface area contributed by atoms with Gasteiger partial charge in [-0.1, -0.05) is 62.4 Å². The SMILES string of the molecule is C=C(F)c1ccc([C@@H](C(=O)Nc2cc(CC(C)C(=O)O)ccc2Cl)[C@@H](C)C(F)(F)F)cc1. The molecule has 0 saturated heterocycles. The van der Waals surface area contributed by atoms with Gasteiger partial charge in [-0.25, -0.2) is 4.39 Å². The molecule has 1 amide bonds. The lowest BCUT2D eigenvalue weighted by Crippen LogP contribution is -2.34. The molecule has 2 rings (SSSR count). The first-order chi connectivity index (χ1) is 14.8. The quantitative estimate of drug-likeness (QED) is 0.434. The summed E-state index contributed by atoms with van der Waals surface area (Å²) in [6, 6.07) is 9.45. The Hall–Kier alpha value is -2.87. The van der Waals surface area contributed by atoms with E-state index in [0.717, 1.165) is 6.92 Å². The van der Waals surface area contributed by atoms with Crippen LogP contribution in [0.25, 0.3) is 5.83 Å². The van der Waals surface area contributed by atoms with E-state index in [9.17, 15) is 27.2 Å². The molecular weight excluding hydrogens is 450 g/mol. The zero-order valence-electron chi connectivity index (χ0n) is 17.3. The average Bonchev–Trinajstić information content (AvgIpc) is 2.70. The number of carbonyl (C=O) groups excluding carboxylic acids is 1. The van der Waals surface area contributed by atoms with Crippen LogP contribution in [0.5, 0.6) is 0 Å². The second kappa shape index (κ2) is 10.2. The molecule has 0 aliphatic rings. The Morgan fingerprint density at radius 1 is 1.12 bits per heavy atom. The van der Waals surface area contributed by atoms with Crippen LogP contribution < -0.4 is 5.32 Å². The monoisotopic (exact) mass is 471 g/mol. The molecular formula is C23H22ClF4NO3. The molecule has 0 radical (unpaired) electrons. The van der Waals surface area contributed by atoms with Crippen molar-refractivity contribution in [2.24, 2.45) is 11.8 Å². The van der Waals surface area contributed by atoms with Gasteiger partial charge in [-0.15, -0.1) is 0 Å². The Bertz CT molecular complexity index is 1010. The predicted molar refractivity (Wildman–Crippen MR) is 115 cm³/mol. The predicted octanol–water partition coefficient (Wildman–Crippen LogP) is 6.46. The first-order valence-electron chi connectivity index (χ1n) is 9.64. The van der Waals surface area contributed by atoms with Gasteiger partial charge in [0.1, 0.15) is 5.83 Å². The molecule has 0 aliphatic heterocycles. The van der Waals surface area contributed by atoms with Gasteiger partial charge in [0.25, 0.3) is 0 Å². The van der Waals surface area contributed by atoms with Crippen LogP contribution in [-0.4, -0.2) is 23.2 Å². The van der Waals surface area contributed by atoms with Crippen LogP contribution in [0.2, 0.25) is 5.02 Å². The Kier molecular flexibility index (Phi) is 8.07. The molecule has 4 nitrogen and oxygen atoms in total. The van der Waals surface area contributed by atoms with E-state index in [1.54, 1.807) is 6.07 Å². The van der Waals surface area contributed by atoms with E-state index < -0.39 is 41.6 Å². The zero-order chi connectivity index (χ0) is 24.2. The molecule has 2 N–H and O–H groups in total. The maximum absolute atomic E-state index is 13.5. The summed E-state index contributed by atoms with van der Waals surface area (Å²) in [6.07, 6.45) is -4.53. The minimum Gasteiger partial charge on any atom is -0.481 e. The van der Waals surface area contributed by atoms with Gasteiger partial charge in [-0.05, 0) is 29.7 Å². The average molecular weight is 472 g/mol. The summed E-state index contributed by atoms with van der Waals surface area (Å²) in [5, 5.41) is 11.6. The number of rotatable bonds is 8. The molecule has 0 aromatic heterocycles. The molecule has 172 valence electrons. The van der Waals surface area contributed by atoms with Crippen molar-refractivity contribution in [3.8, 4) is 0 Å². The zero-order valence-corrected chi connectivity index (χ0v) is 18.1. The molecule has 3 atom stereocenters. The van der Waals surface area contributed by atoms with Crippen molar-refractivity contribution in [1.82, 2.24) is 0 Å². The van der Waals surface area contributed by atoms with Crippen LogP contribution in [0.3, 0.4) is 0 Å². The molecule has 0 fully saturated rings. The van der Waals surface area contributed by atoms with Crippen molar-refractivity contribution in [2.75, 3.05) is 5.32 Å². The number of hydrogen-bond acceptors (Lipinski definition) is 2. The van der Waals surface area contributed by atoms with E-state index in [0.29, 0.717) is 5.56 Å². The maximum atomic E-state index is 13.5. The number of amides is 1. The molecule has 1 unspecified atom stereocenters. The molecule has 0 saturated carbocycles. The lowest BCUT2D eigenvalue weighted by Gasteiger charge is -2.26. The van der Waals surface area contributed by atoms with E-state index in [1.807, 2.05) is 0 Å². The van der Waals surface area contributed by atoms with Gasteiger partial charge in [-0.2, -0.15) is 13.2 Å². The fraction of sp³-hybridized carbons (Fsp3) is 0.304. The number of benzene rings is 2. The number of alkyl halides is 3. The lowest BCUT2D eigenvalue weighted by atomic mass is 9.85. The number of anilines is 1. The van der Waals surface area contributed by atoms with Crippen molar-refractivity contribution < 1.29 is 32.3 Å². The number of carbonyl (C=O) groups is 2. The highest BCUT2D eigenvalue weighted by Gasteiger charge is 2.45. The highest BCUT2D eigenvalue weighted by atomic mass is 35.5. The summed E-state index contributed by atoms with van der Waals surface area (Å²) in [5.41, 5.74) is 0.755. The third-order valence-electron chi connectivity index (χ3n) is 5.13. The molecule has 0 aliphatic carbocycles. The Labute approximate surface area is 187 Å². The molecule has 32 heavy (non-hydrogen) atoms. The second-order valence-electron chi connectivity index (χ2n) is 7.58. The van der Waals surface area contributed by atoms with Crippen molar-refractivity contribution in [2.45, 2.75) is 32.4 Å². The largest absolute Gasteiger partial charge is 0.481 e. The third-order valence-corrected chi connectivity index (χ3v) is 5.46. The molecule has 0 spiro atoms. The summed E-state index contributed by atoms with van der Waals surface area (Å²) < 4.78 is 53.8. The summed E-state index contributed by atoms with van der Waals surface area (Å²) >= 11 is 6.11. The normalized spacial score (nSPS) is 14.3. The molecule has 0 bridgehead atoms. The number of hydrogen-bond donors (Lipinski definition) is 2. The van der Waals surface area contributed by atoms with Gasteiger partial charge in [0, 0.05) is 5.56 Å². The maximum Gasteiger partial charge on any atom is 0.392 e. The van der Waals surface area contributed by atoms with Crippen LogP contribution in [0.4, 0.5) is 23.2 Å². The van der Waals surface area contributed by atoms with Crippen molar-refractivity contribution in [3.05, 3.63) is 70.8 Å². The van der Waals surface area contributed by atoms with E-state index in [1.165, 1.54) is 43.3 Å². The summed E-state index contributed by atoms with van der Waals surface area (Å²) in [6.45, 7) is 5.53. The van der Waals surface area contributed by atoms with Crippen molar-refractivity contribution in [1.29, 1.82) is 0 Å². The van der Waals surface area contributed by atoms with Gasteiger partial charge in [-0.3, -0.25) is 9.59 Å². The molecule has 2 aromatic carbocycles. The standard InChI is InChI=1S/C23H22ClF4NO3/c1-12(22(31)32)10-15-4-9-18(24)19(11-15)29-21(30)20(13(2)23(26,27)28)17-7-5-16(6-8-17)14(3)25/h4-9,11-13,20H,3,10H2,1-2H3,(H,29,30)(H,31,32)/t12?,13-,20+/m1/s1. The van der Waals surface area contributed by atoms with Crippen LogP contribution in [0.15, 0.2) is 49.0 Å². The smallest absolute Gasteiger partial charge is 0.392 e. The number of carboxylic acid groups (broad SMARTS) is 1. The second-order valence-corrected chi connectivity index (χ2v) is 7.99. The van der Waals surface area contributed by atoms with Gasteiger partial charge in [0.05, 0.1) is 28.5 Å². The summed E-state index contributed by atoms with van der Waals surface area (Å²) in [7, 11) is 0. The lowest BCUT2D eigenvalue weighted by molar-refractivity contribution is -0.178. The first kappa shape index (κ1) is 25.4. The van der Waals surface area contributed by atoms with E-state index in [2.05, 4.69) is 11.9 Å². The topological polar surface area (TPSA) is 66.4 Å². The summed E-state index contributed by atoms with van der Waals surface area (Å²) in [4.78, 5) is 24.0. The number of carboxylic acids is 1. The molecule has 9 heteroatoms. The van der Waals surface area contributed by atoms with E-state index in [4.69, 9.17) is 16.7 Å². The van der Waals surface area contributed by atoms with Crippen LogP contribution in [0.1, 0.15) is 36.5 Å². The van der Waals surface area contributed by atoms with E-state index >= 15 is 0 Å². The fourth-order valence-electron chi connectivity index (χ4n) is 3.17. The van der Waals surface area contributed by atoms with Crippen molar-refractivity contribution in [3.63, 3.8) is 0 Å². The third kappa shape index (κ3) is 6.32. The first-order valence-corrected chi connectivity index (χ1v) is 10.0.